The highest BCUT2D eigenvalue weighted by Crippen LogP contribution is 2.18. The van der Waals surface area contributed by atoms with Crippen LogP contribution in [0.5, 0.6) is 0 Å². The SMILES string of the molecule is O=C(ONc1ccc(N=NC(=O)c2ccco2)cc1)c1ccc(Br)cc1. The molecule has 0 saturated carbocycles. The normalized spacial score (nSPS) is 10.7. The largest absolute Gasteiger partial charge is 0.459 e. The van der Waals surface area contributed by atoms with Crippen molar-refractivity contribution in [2.24, 2.45) is 10.2 Å². The van der Waals surface area contributed by atoms with Crippen LogP contribution >= 0.6 is 15.9 Å². The lowest BCUT2D eigenvalue weighted by molar-refractivity contribution is 0.0596. The Kier molecular flexibility index (Phi) is 5.55. The van der Waals surface area contributed by atoms with E-state index in [0.717, 1.165) is 4.47 Å². The van der Waals surface area contributed by atoms with Crippen LogP contribution in [0.15, 0.2) is 86.0 Å². The fourth-order valence-electron chi connectivity index (χ4n) is 1.90. The molecule has 0 aliphatic rings. The number of furan rings is 1. The van der Waals surface area contributed by atoms with Crippen molar-refractivity contribution >= 4 is 39.2 Å². The number of anilines is 1. The molecule has 0 saturated heterocycles. The number of azo groups is 1. The molecule has 0 radical (unpaired) electrons. The third-order valence-electron chi connectivity index (χ3n) is 3.20. The van der Waals surface area contributed by atoms with Crippen LogP contribution in [0.3, 0.4) is 0 Å². The van der Waals surface area contributed by atoms with Gasteiger partial charge in [0.1, 0.15) is 0 Å². The molecule has 1 aromatic heterocycles. The summed E-state index contributed by atoms with van der Waals surface area (Å²) >= 11 is 3.30. The molecule has 8 heteroatoms. The molecule has 0 spiro atoms. The molecular weight excluding hydrogens is 402 g/mol. The fourth-order valence-corrected chi connectivity index (χ4v) is 2.16. The highest BCUT2D eigenvalue weighted by molar-refractivity contribution is 9.10. The molecule has 7 nitrogen and oxygen atoms in total. The first-order valence-electron chi connectivity index (χ1n) is 7.44. The summed E-state index contributed by atoms with van der Waals surface area (Å²) in [6, 6.07) is 16.4. The van der Waals surface area contributed by atoms with Crippen LogP contribution in [0, 0.1) is 0 Å². The summed E-state index contributed by atoms with van der Waals surface area (Å²) in [6.07, 6.45) is 1.39. The Bertz CT molecular complexity index is 920. The molecule has 1 heterocycles. The van der Waals surface area contributed by atoms with Crippen molar-refractivity contribution in [2.75, 3.05) is 5.48 Å². The van der Waals surface area contributed by atoms with Crippen LogP contribution in [0.2, 0.25) is 0 Å². The average molecular weight is 414 g/mol. The van der Waals surface area contributed by atoms with E-state index in [1.54, 1.807) is 54.6 Å². The van der Waals surface area contributed by atoms with Crippen molar-refractivity contribution in [3.05, 3.63) is 82.7 Å². The van der Waals surface area contributed by atoms with E-state index in [2.05, 4.69) is 31.6 Å². The van der Waals surface area contributed by atoms with Gasteiger partial charge >= 0.3 is 11.9 Å². The van der Waals surface area contributed by atoms with Crippen LogP contribution in [-0.2, 0) is 4.84 Å². The lowest BCUT2D eigenvalue weighted by Gasteiger charge is -2.06. The molecule has 0 unspecified atom stereocenters. The van der Waals surface area contributed by atoms with E-state index >= 15 is 0 Å². The lowest BCUT2D eigenvalue weighted by Crippen LogP contribution is -2.10. The summed E-state index contributed by atoms with van der Waals surface area (Å²) in [5.74, 6) is -0.960. The minimum absolute atomic E-state index is 0.117. The van der Waals surface area contributed by atoms with Gasteiger partial charge in [0, 0.05) is 4.47 Å². The van der Waals surface area contributed by atoms with E-state index in [-0.39, 0.29) is 5.76 Å². The van der Waals surface area contributed by atoms with Crippen molar-refractivity contribution in [2.45, 2.75) is 0 Å². The number of nitrogens with one attached hydrogen (secondary N) is 1. The highest BCUT2D eigenvalue weighted by Gasteiger charge is 2.08. The summed E-state index contributed by atoms with van der Waals surface area (Å²) in [6.45, 7) is 0. The molecule has 0 fully saturated rings. The number of carbonyl (C=O) groups excluding carboxylic acids is 2. The monoisotopic (exact) mass is 413 g/mol. The number of amides is 1. The van der Waals surface area contributed by atoms with Gasteiger partial charge in [-0.3, -0.25) is 4.79 Å². The fraction of sp³-hybridized carbons (Fsp3) is 0. The van der Waals surface area contributed by atoms with E-state index in [1.807, 2.05) is 0 Å². The Morgan fingerprint density at radius 3 is 2.38 bits per heavy atom. The minimum Gasteiger partial charge on any atom is -0.459 e. The molecule has 1 N–H and O–H groups in total. The summed E-state index contributed by atoms with van der Waals surface area (Å²) in [5, 5.41) is 7.40. The van der Waals surface area contributed by atoms with Crippen molar-refractivity contribution in [3.8, 4) is 0 Å². The summed E-state index contributed by atoms with van der Waals surface area (Å²) in [5.41, 5.74) is 3.99. The van der Waals surface area contributed by atoms with Gasteiger partial charge in [0.2, 0.25) is 0 Å². The van der Waals surface area contributed by atoms with Crippen LogP contribution in [-0.4, -0.2) is 11.9 Å². The highest BCUT2D eigenvalue weighted by atomic mass is 79.9. The maximum absolute atomic E-state index is 11.9. The predicted octanol–water partition coefficient (Wildman–Crippen LogP) is 5.15. The Balaban J connectivity index is 1.55. The third kappa shape index (κ3) is 4.64. The average Bonchev–Trinajstić information content (AvgIpc) is 3.20. The van der Waals surface area contributed by atoms with E-state index in [4.69, 9.17) is 9.25 Å². The van der Waals surface area contributed by atoms with Crippen LogP contribution in [0.4, 0.5) is 11.4 Å². The summed E-state index contributed by atoms with van der Waals surface area (Å²) in [7, 11) is 0. The zero-order chi connectivity index (χ0) is 18.4. The van der Waals surface area contributed by atoms with E-state index in [1.165, 1.54) is 12.3 Å². The maximum Gasteiger partial charge on any atom is 0.362 e. The molecule has 0 bridgehead atoms. The molecular formula is C18H12BrN3O4. The van der Waals surface area contributed by atoms with Crippen LogP contribution in [0.1, 0.15) is 20.9 Å². The number of carbonyl (C=O) groups is 2. The number of benzene rings is 2. The number of halogens is 1. The second kappa shape index (κ2) is 8.21. The molecule has 1 amide bonds. The first kappa shape index (κ1) is 17.6. The van der Waals surface area contributed by atoms with Gasteiger partial charge in [-0.25, -0.2) is 10.3 Å². The lowest BCUT2D eigenvalue weighted by atomic mass is 10.2. The number of rotatable bonds is 5. The standard InChI is InChI=1S/C18H12BrN3O4/c19-13-5-3-12(4-6-13)18(24)26-22-15-9-7-14(8-10-15)20-21-17(23)16-2-1-11-25-16/h1-11,22H. The van der Waals surface area contributed by atoms with Crippen LogP contribution < -0.4 is 5.48 Å². The molecule has 130 valence electrons. The minimum atomic E-state index is -0.569. The third-order valence-corrected chi connectivity index (χ3v) is 3.73. The Morgan fingerprint density at radius 1 is 1.00 bits per heavy atom. The predicted molar refractivity (Wildman–Crippen MR) is 97.2 cm³/mol. The second-order valence-corrected chi connectivity index (χ2v) is 5.94. The zero-order valence-electron chi connectivity index (χ0n) is 13.3. The van der Waals surface area contributed by atoms with E-state index in [0.29, 0.717) is 16.9 Å². The molecule has 0 aliphatic heterocycles. The zero-order valence-corrected chi connectivity index (χ0v) is 14.8. The molecule has 0 aliphatic carbocycles. The van der Waals surface area contributed by atoms with Gasteiger partial charge in [0.05, 0.1) is 23.2 Å². The number of hydrogen-bond donors (Lipinski definition) is 1. The smallest absolute Gasteiger partial charge is 0.362 e. The van der Waals surface area contributed by atoms with Gasteiger partial charge in [-0.1, -0.05) is 15.9 Å². The van der Waals surface area contributed by atoms with Crippen molar-refractivity contribution in [1.82, 2.24) is 0 Å². The van der Waals surface area contributed by atoms with Crippen molar-refractivity contribution in [3.63, 3.8) is 0 Å². The Hall–Kier alpha value is -3.26. The maximum atomic E-state index is 11.9. The molecule has 0 atom stereocenters. The molecule has 3 aromatic rings. The van der Waals surface area contributed by atoms with Crippen molar-refractivity contribution < 1.29 is 18.8 Å². The topological polar surface area (TPSA) is 93.3 Å². The Morgan fingerprint density at radius 2 is 1.73 bits per heavy atom. The van der Waals surface area contributed by atoms with Gasteiger partial charge in [0.15, 0.2) is 5.76 Å². The summed E-state index contributed by atoms with van der Waals surface area (Å²) < 4.78 is 5.81. The summed E-state index contributed by atoms with van der Waals surface area (Å²) in [4.78, 5) is 28.6. The molecule has 3 rings (SSSR count). The quantitative estimate of drug-likeness (QED) is 0.460. The molecule has 2 aromatic carbocycles. The van der Waals surface area contributed by atoms with Gasteiger partial charge < -0.3 is 9.25 Å². The number of nitrogens with zero attached hydrogens (tertiary/aromatic N) is 2. The van der Waals surface area contributed by atoms with Crippen molar-refractivity contribution in [1.29, 1.82) is 0 Å². The van der Waals surface area contributed by atoms with Crippen LogP contribution in [0.25, 0.3) is 0 Å². The Labute approximate surface area is 156 Å². The van der Waals surface area contributed by atoms with E-state index in [9.17, 15) is 9.59 Å². The number of hydrogen-bond acceptors (Lipinski definition) is 6. The second-order valence-electron chi connectivity index (χ2n) is 5.03. The molecule has 26 heavy (non-hydrogen) atoms. The van der Waals surface area contributed by atoms with Gasteiger partial charge in [-0.05, 0) is 60.7 Å². The van der Waals surface area contributed by atoms with Gasteiger partial charge in [-0.2, -0.15) is 0 Å². The van der Waals surface area contributed by atoms with Gasteiger partial charge in [0.25, 0.3) is 0 Å². The first-order chi connectivity index (χ1) is 12.6. The van der Waals surface area contributed by atoms with Gasteiger partial charge in [-0.15, -0.1) is 10.2 Å². The first-order valence-corrected chi connectivity index (χ1v) is 8.23. The van der Waals surface area contributed by atoms with E-state index < -0.39 is 11.9 Å².